The smallest absolute Gasteiger partial charge is 0.0462 e. The number of alkyl halides is 1. The number of halogens is 3. The minimum absolute atomic E-state index is 0.487. The van der Waals surface area contributed by atoms with Gasteiger partial charge in [-0.25, -0.2) is 0 Å². The van der Waals surface area contributed by atoms with Gasteiger partial charge in [-0.05, 0) is 30.2 Å². The molecule has 1 nitrogen and oxygen atoms in total. The number of nitrogens with one attached hydrogen (secondary N) is 1. The molecule has 0 aliphatic carbocycles. The summed E-state index contributed by atoms with van der Waals surface area (Å²) in [4.78, 5) is 0. The van der Waals surface area contributed by atoms with Crippen LogP contribution in [-0.2, 0) is 6.54 Å². The second kappa shape index (κ2) is 6.74. The van der Waals surface area contributed by atoms with E-state index in [1.165, 1.54) is 0 Å². The molecule has 0 saturated heterocycles. The van der Waals surface area contributed by atoms with E-state index in [1.807, 2.05) is 18.2 Å². The Labute approximate surface area is 109 Å². The molecule has 0 aliphatic heterocycles. The van der Waals surface area contributed by atoms with Crippen LogP contribution < -0.4 is 5.32 Å². The molecular weight excluding hydrogens is 297 g/mol. The van der Waals surface area contributed by atoms with E-state index in [2.05, 4.69) is 28.2 Å². The van der Waals surface area contributed by atoms with E-state index in [0.717, 1.165) is 28.1 Å². The summed E-state index contributed by atoms with van der Waals surface area (Å²) < 4.78 is 1.00. The molecule has 0 aliphatic rings. The van der Waals surface area contributed by atoms with E-state index in [0.29, 0.717) is 11.8 Å². The van der Waals surface area contributed by atoms with Gasteiger partial charge in [0.25, 0.3) is 0 Å². The van der Waals surface area contributed by atoms with Crippen LogP contribution in [0.3, 0.4) is 0 Å². The van der Waals surface area contributed by atoms with Crippen molar-refractivity contribution in [3.8, 4) is 0 Å². The number of rotatable bonds is 5. The molecule has 15 heavy (non-hydrogen) atoms. The Balaban J connectivity index is 2.44. The summed E-state index contributed by atoms with van der Waals surface area (Å²) >= 11 is 15.2. The van der Waals surface area contributed by atoms with Crippen LogP contribution >= 0.6 is 39.1 Å². The molecule has 0 amide bonds. The standard InChI is InChI=1S/C11H14BrCl2N/c1-8(5-13)6-15-7-9-2-3-10(12)4-11(9)14/h2-4,8,15H,5-7H2,1H3. The van der Waals surface area contributed by atoms with E-state index in [9.17, 15) is 0 Å². The lowest BCUT2D eigenvalue weighted by Crippen LogP contribution is -2.21. The number of hydrogen-bond donors (Lipinski definition) is 1. The maximum absolute atomic E-state index is 6.08. The molecular formula is C11H14BrCl2N. The van der Waals surface area contributed by atoms with Crippen molar-refractivity contribution in [2.24, 2.45) is 5.92 Å². The fourth-order valence-corrected chi connectivity index (χ4v) is 2.02. The van der Waals surface area contributed by atoms with Crippen LogP contribution in [0, 0.1) is 5.92 Å². The van der Waals surface area contributed by atoms with Gasteiger partial charge in [-0.2, -0.15) is 0 Å². The van der Waals surface area contributed by atoms with Crippen molar-refractivity contribution in [1.82, 2.24) is 5.32 Å². The Kier molecular flexibility index (Phi) is 5.98. The first-order valence-corrected chi connectivity index (χ1v) is 6.54. The second-order valence-corrected chi connectivity index (χ2v) is 5.26. The van der Waals surface area contributed by atoms with Crippen molar-refractivity contribution in [1.29, 1.82) is 0 Å². The molecule has 0 saturated carbocycles. The van der Waals surface area contributed by atoms with Crippen molar-refractivity contribution >= 4 is 39.1 Å². The van der Waals surface area contributed by atoms with Crippen LogP contribution in [0.1, 0.15) is 12.5 Å². The first-order chi connectivity index (χ1) is 7.13. The summed E-state index contributed by atoms with van der Waals surface area (Å²) in [5.74, 6) is 1.17. The van der Waals surface area contributed by atoms with Crippen LogP contribution in [-0.4, -0.2) is 12.4 Å². The molecule has 1 N–H and O–H groups in total. The van der Waals surface area contributed by atoms with Gasteiger partial charge in [0, 0.05) is 21.9 Å². The van der Waals surface area contributed by atoms with Gasteiger partial charge in [0.1, 0.15) is 0 Å². The molecule has 1 unspecified atom stereocenters. The highest BCUT2D eigenvalue weighted by Gasteiger charge is 2.02. The predicted octanol–water partition coefficient (Wildman–Crippen LogP) is 4.07. The van der Waals surface area contributed by atoms with Crippen LogP contribution in [0.25, 0.3) is 0 Å². The lowest BCUT2D eigenvalue weighted by atomic mass is 10.2. The monoisotopic (exact) mass is 309 g/mol. The lowest BCUT2D eigenvalue weighted by Gasteiger charge is -2.10. The molecule has 0 radical (unpaired) electrons. The van der Waals surface area contributed by atoms with Gasteiger partial charge < -0.3 is 5.32 Å². The largest absolute Gasteiger partial charge is 0.312 e. The third-order valence-electron chi connectivity index (χ3n) is 2.09. The Hall–Kier alpha value is 0.240. The summed E-state index contributed by atoms with van der Waals surface area (Å²) in [6.07, 6.45) is 0. The Morgan fingerprint density at radius 2 is 2.20 bits per heavy atom. The SMILES string of the molecule is CC(CCl)CNCc1ccc(Br)cc1Cl. The summed E-state index contributed by atoms with van der Waals surface area (Å²) in [5, 5.41) is 4.12. The quantitative estimate of drug-likeness (QED) is 0.809. The van der Waals surface area contributed by atoms with Gasteiger partial charge in [0.15, 0.2) is 0 Å². The maximum atomic E-state index is 6.08. The highest BCUT2D eigenvalue weighted by Crippen LogP contribution is 2.21. The highest BCUT2D eigenvalue weighted by molar-refractivity contribution is 9.10. The van der Waals surface area contributed by atoms with E-state index in [4.69, 9.17) is 23.2 Å². The van der Waals surface area contributed by atoms with Crippen molar-refractivity contribution < 1.29 is 0 Å². The summed E-state index contributed by atoms with van der Waals surface area (Å²) in [7, 11) is 0. The van der Waals surface area contributed by atoms with E-state index in [1.54, 1.807) is 0 Å². The summed E-state index contributed by atoms with van der Waals surface area (Å²) in [5.41, 5.74) is 1.11. The number of benzene rings is 1. The summed E-state index contributed by atoms with van der Waals surface area (Å²) in [6.45, 7) is 3.81. The molecule has 1 aromatic rings. The Morgan fingerprint density at radius 1 is 1.47 bits per heavy atom. The predicted molar refractivity (Wildman–Crippen MR) is 70.7 cm³/mol. The van der Waals surface area contributed by atoms with Gasteiger partial charge in [-0.3, -0.25) is 0 Å². The molecule has 0 heterocycles. The van der Waals surface area contributed by atoms with Gasteiger partial charge in [-0.15, -0.1) is 11.6 Å². The molecule has 1 rings (SSSR count). The second-order valence-electron chi connectivity index (χ2n) is 3.63. The molecule has 0 aromatic heterocycles. The first-order valence-electron chi connectivity index (χ1n) is 4.84. The van der Waals surface area contributed by atoms with Gasteiger partial charge >= 0.3 is 0 Å². The van der Waals surface area contributed by atoms with E-state index >= 15 is 0 Å². The minimum atomic E-state index is 0.487. The fourth-order valence-electron chi connectivity index (χ4n) is 1.17. The molecule has 4 heteroatoms. The zero-order chi connectivity index (χ0) is 11.3. The van der Waals surface area contributed by atoms with Crippen LogP contribution in [0.15, 0.2) is 22.7 Å². The molecule has 0 fully saturated rings. The fraction of sp³-hybridized carbons (Fsp3) is 0.455. The third kappa shape index (κ3) is 4.73. The molecule has 0 bridgehead atoms. The van der Waals surface area contributed by atoms with Gasteiger partial charge in [0.2, 0.25) is 0 Å². The highest BCUT2D eigenvalue weighted by atomic mass is 79.9. The number of hydrogen-bond acceptors (Lipinski definition) is 1. The normalized spacial score (nSPS) is 12.8. The average molecular weight is 311 g/mol. The van der Waals surface area contributed by atoms with E-state index < -0.39 is 0 Å². The van der Waals surface area contributed by atoms with Crippen molar-refractivity contribution in [2.45, 2.75) is 13.5 Å². The zero-order valence-electron chi connectivity index (χ0n) is 8.56. The molecule has 1 atom stereocenters. The summed E-state index contributed by atoms with van der Waals surface area (Å²) in [6, 6.07) is 5.92. The first kappa shape index (κ1) is 13.3. The van der Waals surface area contributed by atoms with Crippen LogP contribution in [0.5, 0.6) is 0 Å². The third-order valence-corrected chi connectivity index (χ3v) is 3.46. The zero-order valence-corrected chi connectivity index (χ0v) is 11.7. The van der Waals surface area contributed by atoms with Crippen LogP contribution in [0.2, 0.25) is 5.02 Å². The van der Waals surface area contributed by atoms with Gasteiger partial charge in [-0.1, -0.05) is 40.5 Å². The molecule has 1 aromatic carbocycles. The molecule has 84 valence electrons. The average Bonchev–Trinajstić information content (AvgIpc) is 2.21. The Bertz CT molecular complexity index is 317. The topological polar surface area (TPSA) is 12.0 Å². The lowest BCUT2D eigenvalue weighted by molar-refractivity contribution is 0.557. The minimum Gasteiger partial charge on any atom is -0.312 e. The van der Waals surface area contributed by atoms with Gasteiger partial charge in [0.05, 0.1) is 0 Å². The maximum Gasteiger partial charge on any atom is 0.0462 e. The van der Waals surface area contributed by atoms with E-state index in [-0.39, 0.29) is 0 Å². The Morgan fingerprint density at radius 3 is 2.80 bits per heavy atom. The molecule has 0 spiro atoms. The van der Waals surface area contributed by atoms with Crippen molar-refractivity contribution in [3.05, 3.63) is 33.3 Å². The van der Waals surface area contributed by atoms with Crippen LogP contribution in [0.4, 0.5) is 0 Å². The van der Waals surface area contributed by atoms with Crippen molar-refractivity contribution in [2.75, 3.05) is 12.4 Å². The van der Waals surface area contributed by atoms with Crippen molar-refractivity contribution in [3.63, 3.8) is 0 Å².